The Morgan fingerprint density at radius 2 is 2.17 bits per heavy atom. The summed E-state index contributed by atoms with van der Waals surface area (Å²) in [5.41, 5.74) is 2.66. The van der Waals surface area contributed by atoms with Crippen molar-refractivity contribution in [1.29, 1.82) is 0 Å². The fraction of sp³-hybridized carbons (Fsp3) is 0.250. The van der Waals surface area contributed by atoms with Gasteiger partial charge in [-0.15, -0.1) is 5.56 Å². The van der Waals surface area contributed by atoms with E-state index < -0.39 is 0 Å². The van der Waals surface area contributed by atoms with Crippen LogP contribution in [-0.2, 0) is 0 Å². The SMILES string of the molecule is Cc1[c-]c2[nH]c(C)nc2nc1.[Rb+]. The molecule has 2 aromatic rings. The van der Waals surface area contributed by atoms with Gasteiger partial charge in [-0.1, -0.05) is 13.1 Å². The van der Waals surface area contributed by atoms with Gasteiger partial charge in [-0.25, -0.2) is 0 Å². The average Bonchev–Trinajstić information content (AvgIpc) is 2.27. The molecule has 56 valence electrons. The number of fused-ring (bicyclic) bond motifs is 1. The normalized spacial score (nSPS) is 9.83. The monoisotopic (exact) mass is 231 g/mol. The molecule has 0 aliphatic carbocycles. The fourth-order valence-electron chi connectivity index (χ4n) is 1.05. The number of aromatic amines is 1. The van der Waals surface area contributed by atoms with Crippen LogP contribution >= 0.6 is 0 Å². The molecule has 0 radical (unpaired) electrons. The third-order valence-electron chi connectivity index (χ3n) is 1.51. The summed E-state index contributed by atoms with van der Waals surface area (Å²) in [7, 11) is 0. The molecule has 0 bridgehead atoms. The number of aryl methyl sites for hydroxylation is 2. The molecule has 2 rings (SSSR count). The van der Waals surface area contributed by atoms with Gasteiger partial charge in [0.15, 0.2) is 0 Å². The van der Waals surface area contributed by atoms with Crippen LogP contribution in [0.2, 0.25) is 0 Å². The molecule has 2 heterocycles. The van der Waals surface area contributed by atoms with Crippen molar-refractivity contribution in [3.05, 3.63) is 23.7 Å². The summed E-state index contributed by atoms with van der Waals surface area (Å²) in [5, 5.41) is 0. The van der Waals surface area contributed by atoms with Crippen LogP contribution in [-0.4, -0.2) is 15.0 Å². The van der Waals surface area contributed by atoms with Gasteiger partial charge in [-0.05, 0) is 12.4 Å². The Labute approximate surface area is 120 Å². The molecule has 0 saturated carbocycles. The Kier molecular flexibility index (Phi) is 3.58. The molecule has 0 aliphatic rings. The first-order valence-corrected chi connectivity index (χ1v) is 3.47. The van der Waals surface area contributed by atoms with Crippen molar-refractivity contribution >= 4 is 11.2 Å². The zero-order chi connectivity index (χ0) is 7.84. The summed E-state index contributed by atoms with van der Waals surface area (Å²) in [4.78, 5) is 11.4. The van der Waals surface area contributed by atoms with E-state index in [9.17, 15) is 0 Å². The second kappa shape index (κ2) is 4.09. The number of imidazole rings is 1. The van der Waals surface area contributed by atoms with Gasteiger partial charge in [0.2, 0.25) is 0 Å². The van der Waals surface area contributed by atoms with Gasteiger partial charge >= 0.3 is 58.2 Å². The zero-order valence-electron chi connectivity index (χ0n) is 7.47. The van der Waals surface area contributed by atoms with E-state index in [1.807, 2.05) is 13.8 Å². The molecule has 0 saturated heterocycles. The second-order valence-corrected chi connectivity index (χ2v) is 2.59. The van der Waals surface area contributed by atoms with E-state index in [-0.39, 0.29) is 58.2 Å². The van der Waals surface area contributed by atoms with Crippen LogP contribution in [0.25, 0.3) is 11.2 Å². The van der Waals surface area contributed by atoms with Gasteiger partial charge in [-0.3, -0.25) is 4.98 Å². The van der Waals surface area contributed by atoms with Crippen molar-refractivity contribution in [2.75, 3.05) is 0 Å². The number of aromatic nitrogens is 3. The van der Waals surface area contributed by atoms with Crippen molar-refractivity contribution in [3.63, 3.8) is 0 Å². The minimum Gasteiger partial charge on any atom is -0.365 e. The van der Waals surface area contributed by atoms with Crippen LogP contribution in [0.4, 0.5) is 0 Å². The van der Waals surface area contributed by atoms with Crippen LogP contribution in [0.5, 0.6) is 0 Å². The number of rotatable bonds is 0. The van der Waals surface area contributed by atoms with Gasteiger partial charge in [-0.2, -0.15) is 6.07 Å². The maximum absolute atomic E-state index is 4.16. The first-order chi connectivity index (χ1) is 5.25. The Bertz CT molecular complexity index is 394. The van der Waals surface area contributed by atoms with Crippen molar-refractivity contribution < 1.29 is 58.2 Å². The molecule has 0 aromatic carbocycles. The molecule has 0 atom stereocenters. The summed E-state index contributed by atoms with van der Waals surface area (Å²) in [6.07, 6.45) is 1.77. The van der Waals surface area contributed by atoms with Crippen molar-refractivity contribution in [1.82, 2.24) is 15.0 Å². The maximum atomic E-state index is 4.16. The third kappa shape index (κ3) is 2.02. The number of hydrogen-bond donors (Lipinski definition) is 1. The Morgan fingerprint density at radius 3 is 2.92 bits per heavy atom. The third-order valence-corrected chi connectivity index (χ3v) is 1.51. The fourth-order valence-corrected chi connectivity index (χ4v) is 1.05. The molecule has 0 spiro atoms. The van der Waals surface area contributed by atoms with Crippen LogP contribution in [0.3, 0.4) is 0 Å². The molecule has 3 nitrogen and oxygen atoms in total. The van der Waals surface area contributed by atoms with Crippen LogP contribution in [0.1, 0.15) is 11.4 Å². The predicted molar refractivity (Wildman–Crippen MR) is 42.2 cm³/mol. The van der Waals surface area contributed by atoms with Crippen LogP contribution in [0, 0.1) is 19.9 Å². The molecule has 2 aromatic heterocycles. The number of nitrogens with zero attached hydrogens (tertiary/aromatic N) is 2. The maximum Gasteiger partial charge on any atom is 1.00 e. The summed E-state index contributed by atoms with van der Waals surface area (Å²) in [5.74, 6) is 0.884. The van der Waals surface area contributed by atoms with E-state index in [0.717, 1.165) is 22.6 Å². The summed E-state index contributed by atoms with van der Waals surface area (Å²) < 4.78 is 0. The van der Waals surface area contributed by atoms with Crippen molar-refractivity contribution in [2.45, 2.75) is 13.8 Å². The van der Waals surface area contributed by atoms with Gasteiger partial charge in [0.05, 0.1) is 11.5 Å². The van der Waals surface area contributed by atoms with Gasteiger partial charge < -0.3 is 9.97 Å². The average molecular weight is 232 g/mol. The molecular weight excluding hydrogens is 224 g/mol. The van der Waals surface area contributed by atoms with E-state index in [0.29, 0.717) is 0 Å². The Hall–Kier alpha value is 0.425. The molecule has 0 amide bonds. The first-order valence-electron chi connectivity index (χ1n) is 3.47. The summed E-state index contributed by atoms with van der Waals surface area (Å²) in [6.45, 7) is 3.87. The number of hydrogen-bond acceptors (Lipinski definition) is 2. The molecule has 0 unspecified atom stereocenters. The van der Waals surface area contributed by atoms with E-state index in [2.05, 4.69) is 21.0 Å². The largest absolute Gasteiger partial charge is 1.00 e. The molecular formula is C8H8N3Rb. The molecule has 4 heteroatoms. The van der Waals surface area contributed by atoms with Crippen LogP contribution < -0.4 is 58.2 Å². The summed E-state index contributed by atoms with van der Waals surface area (Å²) >= 11 is 0. The first kappa shape index (κ1) is 10.5. The quantitative estimate of drug-likeness (QED) is 0.554. The second-order valence-electron chi connectivity index (χ2n) is 2.59. The molecule has 0 aliphatic heterocycles. The molecule has 0 fully saturated rings. The van der Waals surface area contributed by atoms with E-state index in [1.165, 1.54) is 0 Å². The standard InChI is InChI=1S/C8H8N3.Rb/c1-5-3-7-8(9-4-5)11-6(2)10-7;/h4H,1-2H3,(H,9,10,11);/q-1;+1. The van der Waals surface area contributed by atoms with Crippen molar-refractivity contribution in [3.8, 4) is 0 Å². The molecule has 1 N–H and O–H groups in total. The van der Waals surface area contributed by atoms with Gasteiger partial charge in [0.25, 0.3) is 0 Å². The van der Waals surface area contributed by atoms with Crippen LogP contribution in [0.15, 0.2) is 6.20 Å². The smallest absolute Gasteiger partial charge is 0.365 e. The number of nitrogens with one attached hydrogen (secondary N) is 1. The van der Waals surface area contributed by atoms with Crippen molar-refractivity contribution in [2.24, 2.45) is 0 Å². The van der Waals surface area contributed by atoms with E-state index in [4.69, 9.17) is 0 Å². The zero-order valence-corrected chi connectivity index (χ0v) is 12.4. The number of pyridine rings is 1. The summed E-state index contributed by atoms with van der Waals surface area (Å²) in [6, 6.07) is 3.13. The topological polar surface area (TPSA) is 41.6 Å². The van der Waals surface area contributed by atoms with E-state index >= 15 is 0 Å². The van der Waals surface area contributed by atoms with Gasteiger partial charge in [0.1, 0.15) is 0 Å². The minimum atomic E-state index is 0. The number of H-pyrrole nitrogens is 1. The Balaban J connectivity index is 0.000000720. The van der Waals surface area contributed by atoms with Gasteiger partial charge in [0, 0.05) is 0 Å². The Morgan fingerprint density at radius 1 is 1.42 bits per heavy atom. The van der Waals surface area contributed by atoms with E-state index in [1.54, 1.807) is 6.20 Å². The minimum absolute atomic E-state index is 0. The molecule has 12 heavy (non-hydrogen) atoms. The predicted octanol–water partition coefficient (Wildman–Crippen LogP) is -1.62.